The van der Waals surface area contributed by atoms with Crippen LogP contribution in [-0.4, -0.2) is 36.1 Å². The Morgan fingerprint density at radius 1 is 1.26 bits per heavy atom. The van der Waals surface area contributed by atoms with E-state index in [-0.39, 0.29) is 0 Å². The summed E-state index contributed by atoms with van der Waals surface area (Å²) in [5.74, 6) is 0.852. The number of thiophene rings is 1. The van der Waals surface area contributed by atoms with Crippen LogP contribution < -0.4 is 10.2 Å². The van der Waals surface area contributed by atoms with Crippen molar-refractivity contribution >= 4 is 17.3 Å². The lowest BCUT2D eigenvalue weighted by Crippen LogP contribution is -2.44. The minimum atomic E-state index is 0.852. The summed E-state index contributed by atoms with van der Waals surface area (Å²) in [7, 11) is 0. The molecule has 2 aromatic heterocycles. The maximum atomic E-state index is 4.71. The van der Waals surface area contributed by atoms with Crippen LogP contribution in [0.5, 0.6) is 0 Å². The van der Waals surface area contributed by atoms with Crippen LogP contribution in [0.1, 0.15) is 11.8 Å². The second-order valence-corrected chi connectivity index (χ2v) is 5.77. The Hall–Kier alpha value is -1.46. The Morgan fingerprint density at radius 3 is 2.84 bits per heavy atom. The molecule has 3 rings (SSSR count). The molecule has 0 unspecified atom stereocenters. The smallest absolute Gasteiger partial charge is 0.225 e. The third-order valence-corrected chi connectivity index (χ3v) is 4.56. The SMILES string of the molecule is CCc1ccc(-c2ccnc(N3CCNCC3)n2)s1. The van der Waals surface area contributed by atoms with Gasteiger partial charge in [0.1, 0.15) is 0 Å². The number of nitrogens with zero attached hydrogens (tertiary/aromatic N) is 3. The molecule has 1 fully saturated rings. The van der Waals surface area contributed by atoms with E-state index in [0.717, 1.165) is 44.2 Å². The highest BCUT2D eigenvalue weighted by atomic mass is 32.1. The second kappa shape index (κ2) is 5.67. The first-order valence-electron chi connectivity index (χ1n) is 6.74. The van der Waals surface area contributed by atoms with Crippen molar-refractivity contribution in [3.8, 4) is 10.6 Å². The van der Waals surface area contributed by atoms with Crippen LogP contribution in [0, 0.1) is 0 Å². The molecule has 1 aliphatic rings. The first-order valence-corrected chi connectivity index (χ1v) is 7.56. The summed E-state index contributed by atoms with van der Waals surface area (Å²) < 4.78 is 0. The Bertz CT molecular complexity index is 546. The summed E-state index contributed by atoms with van der Waals surface area (Å²) >= 11 is 1.82. The van der Waals surface area contributed by atoms with Gasteiger partial charge in [-0.3, -0.25) is 0 Å². The van der Waals surface area contributed by atoms with Crippen LogP contribution >= 0.6 is 11.3 Å². The van der Waals surface area contributed by atoms with Crippen LogP contribution in [-0.2, 0) is 6.42 Å². The summed E-state index contributed by atoms with van der Waals surface area (Å²) in [5.41, 5.74) is 1.04. The molecule has 3 heterocycles. The van der Waals surface area contributed by atoms with E-state index in [2.05, 4.69) is 34.3 Å². The molecule has 4 nitrogen and oxygen atoms in total. The maximum absolute atomic E-state index is 4.71. The number of aromatic nitrogens is 2. The molecule has 0 spiro atoms. The van der Waals surface area contributed by atoms with Crippen molar-refractivity contribution in [2.45, 2.75) is 13.3 Å². The minimum Gasteiger partial charge on any atom is -0.338 e. The molecule has 0 amide bonds. The molecule has 5 heteroatoms. The molecule has 2 aromatic rings. The predicted octanol–water partition coefficient (Wildman–Crippen LogP) is 2.18. The van der Waals surface area contributed by atoms with E-state index in [1.165, 1.54) is 9.75 Å². The zero-order chi connectivity index (χ0) is 13.1. The van der Waals surface area contributed by atoms with Crippen LogP contribution in [0.25, 0.3) is 10.6 Å². The van der Waals surface area contributed by atoms with E-state index in [1.807, 2.05) is 23.6 Å². The largest absolute Gasteiger partial charge is 0.338 e. The lowest BCUT2D eigenvalue weighted by Gasteiger charge is -2.27. The van der Waals surface area contributed by atoms with Gasteiger partial charge >= 0.3 is 0 Å². The molecule has 1 saturated heterocycles. The van der Waals surface area contributed by atoms with E-state index in [4.69, 9.17) is 4.98 Å². The van der Waals surface area contributed by atoms with E-state index >= 15 is 0 Å². The Kier molecular flexibility index (Phi) is 3.75. The van der Waals surface area contributed by atoms with E-state index in [1.54, 1.807) is 0 Å². The highest BCUT2D eigenvalue weighted by Gasteiger charge is 2.14. The number of aryl methyl sites for hydroxylation is 1. The lowest BCUT2D eigenvalue weighted by atomic mass is 10.3. The van der Waals surface area contributed by atoms with Gasteiger partial charge in [0.05, 0.1) is 10.6 Å². The highest BCUT2D eigenvalue weighted by molar-refractivity contribution is 7.15. The monoisotopic (exact) mass is 274 g/mol. The van der Waals surface area contributed by atoms with Crippen molar-refractivity contribution in [2.24, 2.45) is 0 Å². The number of hydrogen-bond donors (Lipinski definition) is 1. The first kappa shape index (κ1) is 12.6. The quantitative estimate of drug-likeness (QED) is 0.931. The van der Waals surface area contributed by atoms with Gasteiger partial charge in [-0.1, -0.05) is 6.92 Å². The van der Waals surface area contributed by atoms with E-state index in [9.17, 15) is 0 Å². The fraction of sp³-hybridized carbons (Fsp3) is 0.429. The fourth-order valence-corrected chi connectivity index (χ4v) is 3.13. The van der Waals surface area contributed by atoms with Crippen molar-refractivity contribution in [2.75, 3.05) is 31.1 Å². The summed E-state index contributed by atoms with van der Waals surface area (Å²) in [5, 5.41) is 3.35. The van der Waals surface area contributed by atoms with Gasteiger partial charge in [0.15, 0.2) is 0 Å². The third-order valence-electron chi connectivity index (χ3n) is 3.31. The molecule has 1 N–H and O–H groups in total. The van der Waals surface area contributed by atoms with E-state index < -0.39 is 0 Å². The zero-order valence-corrected chi connectivity index (χ0v) is 11.9. The summed E-state index contributed by atoms with van der Waals surface area (Å²) in [6.07, 6.45) is 2.95. The van der Waals surface area contributed by atoms with Gasteiger partial charge < -0.3 is 10.2 Å². The second-order valence-electron chi connectivity index (χ2n) is 4.60. The first-order chi connectivity index (χ1) is 9.36. The number of anilines is 1. The summed E-state index contributed by atoms with van der Waals surface area (Å²) in [6.45, 7) is 6.16. The Balaban J connectivity index is 1.86. The number of piperazine rings is 1. The molecule has 1 aliphatic heterocycles. The minimum absolute atomic E-state index is 0.852. The van der Waals surface area contributed by atoms with Gasteiger partial charge in [0, 0.05) is 37.3 Å². The molecule has 19 heavy (non-hydrogen) atoms. The molecular formula is C14H18N4S. The molecule has 0 aliphatic carbocycles. The lowest BCUT2D eigenvalue weighted by molar-refractivity contribution is 0.580. The van der Waals surface area contributed by atoms with Crippen molar-refractivity contribution in [1.29, 1.82) is 0 Å². The normalized spacial score (nSPS) is 15.7. The summed E-state index contributed by atoms with van der Waals surface area (Å²) in [6, 6.07) is 6.34. The van der Waals surface area contributed by atoms with E-state index in [0.29, 0.717) is 0 Å². The Morgan fingerprint density at radius 2 is 2.11 bits per heavy atom. The standard InChI is InChI=1S/C14H18N4S/c1-2-11-3-4-13(19-11)12-5-6-16-14(17-12)18-9-7-15-8-10-18/h3-6,15H,2,7-10H2,1H3. The average molecular weight is 274 g/mol. The van der Waals surface area contributed by atoms with Crippen molar-refractivity contribution in [3.05, 3.63) is 29.3 Å². The van der Waals surface area contributed by atoms with Gasteiger partial charge in [-0.25, -0.2) is 9.97 Å². The number of nitrogens with one attached hydrogen (secondary N) is 1. The third kappa shape index (κ3) is 2.77. The fourth-order valence-electron chi connectivity index (χ4n) is 2.21. The highest BCUT2D eigenvalue weighted by Crippen LogP contribution is 2.27. The average Bonchev–Trinajstić information content (AvgIpc) is 2.97. The van der Waals surface area contributed by atoms with Crippen LogP contribution in [0.2, 0.25) is 0 Å². The van der Waals surface area contributed by atoms with Gasteiger partial charge in [0.25, 0.3) is 0 Å². The molecule has 0 bridgehead atoms. The van der Waals surface area contributed by atoms with Crippen LogP contribution in [0.3, 0.4) is 0 Å². The predicted molar refractivity (Wildman–Crippen MR) is 79.8 cm³/mol. The Labute approximate surface area is 117 Å². The van der Waals surface area contributed by atoms with Crippen molar-refractivity contribution < 1.29 is 0 Å². The molecular weight excluding hydrogens is 256 g/mol. The maximum Gasteiger partial charge on any atom is 0.225 e. The summed E-state index contributed by atoms with van der Waals surface area (Å²) in [4.78, 5) is 14.0. The van der Waals surface area contributed by atoms with Crippen LogP contribution in [0.15, 0.2) is 24.4 Å². The van der Waals surface area contributed by atoms with Crippen LogP contribution in [0.4, 0.5) is 5.95 Å². The van der Waals surface area contributed by atoms with Gasteiger partial charge in [-0.2, -0.15) is 0 Å². The number of hydrogen-bond acceptors (Lipinski definition) is 5. The topological polar surface area (TPSA) is 41.1 Å². The molecule has 0 atom stereocenters. The molecule has 0 saturated carbocycles. The van der Waals surface area contributed by atoms with Gasteiger partial charge in [-0.05, 0) is 24.6 Å². The molecule has 0 aromatic carbocycles. The molecule has 0 radical (unpaired) electrons. The number of rotatable bonds is 3. The van der Waals surface area contributed by atoms with Crippen molar-refractivity contribution in [3.63, 3.8) is 0 Å². The van der Waals surface area contributed by atoms with Gasteiger partial charge in [0.2, 0.25) is 5.95 Å². The molecule has 100 valence electrons. The van der Waals surface area contributed by atoms with Gasteiger partial charge in [-0.15, -0.1) is 11.3 Å². The van der Waals surface area contributed by atoms with Crippen molar-refractivity contribution in [1.82, 2.24) is 15.3 Å². The zero-order valence-electron chi connectivity index (χ0n) is 11.1.